The summed E-state index contributed by atoms with van der Waals surface area (Å²) in [5.74, 6) is 0. The van der Waals surface area contributed by atoms with Crippen LogP contribution in [-0.4, -0.2) is 35.6 Å². The van der Waals surface area contributed by atoms with Gasteiger partial charge in [0.15, 0.2) is 0 Å². The number of rotatable bonds is 3. The quantitative estimate of drug-likeness (QED) is 0.829. The van der Waals surface area contributed by atoms with Gasteiger partial charge in [0, 0.05) is 30.7 Å². The standard InChI is InChI=1S/C16H32N2/c1-8-16(9-2)11-18(12(3)10-17-16)13-14(4,5)15(13,6)7/h12-13,17H,8-11H2,1-7H3. The Morgan fingerprint density at radius 3 is 1.94 bits per heavy atom. The Bertz CT molecular complexity index is 301. The van der Waals surface area contributed by atoms with Crippen LogP contribution in [0.2, 0.25) is 0 Å². The molecule has 1 saturated carbocycles. The van der Waals surface area contributed by atoms with Crippen LogP contribution in [0, 0.1) is 10.8 Å². The van der Waals surface area contributed by atoms with E-state index in [-0.39, 0.29) is 0 Å². The molecule has 2 fully saturated rings. The topological polar surface area (TPSA) is 15.3 Å². The molecule has 2 heteroatoms. The second kappa shape index (κ2) is 4.21. The van der Waals surface area contributed by atoms with E-state index in [1.54, 1.807) is 0 Å². The average Bonchev–Trinajstić information content (AvgIpc) is 2.72. The van der Waals surface area contributed by atoms with E-state index in [1.807, 2.05) is 0 Å². The van der Waals surface area contributed by atoms with Crippen molar-refractivity contribution in [3.63, 3.8) is 0 Å². The van der Waals surface area contributed by atoms with E-state index in [4.69, 9.17) is 0 Å². The molecule has 1 N–H and O–H groups in total. The van der Waals surface area contributed by atoms with Crippen LogP contribution < -0.4 is 5.32 Å². The van der Waals surface area contributed by atoms with Crippen LogP contribution in [0.5, 0.6) is 0 Å². The summed E-state index contributed by atoms with van der Waals surface area (Å²) in [4.78, 5) is 2.80. The van der Waals surface area contributed by atoms with Crippen LogP contribution in [0.1, 0.15) is 61.3 Å². The highest BCUT2D eigenvalue weighted by Crippen LogP contribution is 2.65. The number of nitrogens with zero attached hydrogens (tertiary/aromatic N) is 1. The first-order valence-corrected chi connectivity index (χ1v) is 7.72. The largest absolute Gasteiger partial charge is 0.308 e. The molecule has 0 aromatic rings. The minimum atomic E-state index is 0.348. The third-order valence-corrected chi connectivity index (χ3v) is 6.45. The van der Waals surface area contributed by atoms with Gasteiger partial charge in [-0.15, -0.1) is 0 Å². The summed E-state index contributed by atoms with van der Waals surface area (Å²) >= 11 is 0. The zero-order chi connectivity index (χ0) is 13.8. The number of hydrogen-bond acceptors (Lipinski definition) is 2. The summed E-state index contributed by atoms with van der Waals surface area (Å²) in [5, 5.41) is 3.81. The first-order valence-electron chi connectivity index (χ1n) is 7.72. The minimum absolute atomic E-state index is 0.348. The molecule has 18 heavy (non-hydrogen) atoms. The summed E-state index contributed by atoms with van der Waals surface area (Å²) in [6, 6.07) is 1.42. The highest BCUT2D eigenvalue weighted by atomic mass is 15.3. The van der Waals surface area contributed by atoms with Crippen molar-refractivity contribution in [3.8, 4) is 0 Å². The molecule has 2 rings (SSSR count). The monoisotopic (exact) mass is 252 g/mol. The van der Waals surface area contributed by atoms with Gasteiger partial charge in [-0.25, -0.2) is 0 Å². The van der Waals surface area contributed by atoms with Gasteiger partial charge >= 0.3 is 0 Å². The second-order valence-electron chi connectivity index (χ2n) is 7.74. The van der Waals surface area contributed by atoms with Crippen LogP contribution in [0.4, 0.5) is 0 Å². The Kier molecular flexibility index (Phi) is 3.35. The van der Waals surface area contributed by atoms with Gasteiger partial charge in [0.1, 0.15) is 0 Å². The fraction of sp³-hybridized carbons (Fsp3) is 1.00. The Hall–Kier alpha value is -0.0800. The van der Waals surface area contributed by atoms with Crippen LogP contribution in [0.15, 0.2) is 0 Å². The molecular weight excluding hydrogens is 220 g/mol. The fourth-order valence-corrected chi connectivity index (χ4v) is 4.10. The highest BCUT2D eigenvalue weighted by molar-refractivity contribution is 5.20. The lowest BCUT2D eigenvalue weighted by molar-refractivity contribution is 0.0591. The molecule has 1 aliphatic carbocycles. The lowest BCUT2D eigenvalue weighted by Crippen LogP contribution is -2.64. The van der Waals surface area contributed by atoms with Crippen molar-refractivity contribution in [2.24, 2.45) is 10.8 Å². The van der Waals surface area contributed by atoms with E-state index in [0.29, 0.717) is 22.4 Å². The van der Waals surface area contributed by atoms with Crippen molar-refractivity contribution in [2.75, 3.05) is 13.1 Å². The molecule has 106 valence electrons. The first kappa shape index (κ1) is 14.3. The molecule has 0 aromatic carbocycles. The molecule has 0 amide bonds. The number of hydrogen-bond donors (Lipinski definition) is 1. The van der Waals surface area contributed by atoms with E-state index in [0.717, 1.165) is 12.6 Å². The molecule has 1 heterocycles. The summed E-state index contributed by atoms with van der Waals surface area (Å²) in [5.41, 5.74) is 1.28. The zero-order valence-electron chi connectivity index (χ0n) is 13.4. The maximum atomic E-state index is 3.81. The Balaban J connectivity index is 2.18. The molecule has 0 aromatic heterocycles. The predicted molar refractivity (Wildman–Crippen MR) is 78.8 cm³/mol. The van der Waals surface area contributed by atoms with Gasteiger partial charge in [0.25, 0.3) is 0 Å². The third kappa shape index (κ3) is 1.84. The summed E-state index contributed by atoms with van der Waals surface area (Å²) < 4.78 is 0. The minimum Gasteiger partial charge on any atom is -0.308 e. The Labute approximate surface area is 114 Å². The van der Waals surface area contributed by atoms with E-state index < -0.39 is 0 Å². The van der Waals surface area contributed by atoms with Gasteiger partial charge in [-0.2, -0.15) is 0 Å². The predicted octanol–water partition coefficient (Wildman–Crippen LogP) is 3.27. The molecule has 0 bridgehead atoms. The molecule has 1 aliphatic heterocycles. The first-order chi connectivity index (χ1) is 8.22. The molecule has 0 spiro atoms. The molecule has 2 nitrogen and oxygen atoms in total. The molecule has 2 aliphatic rings. The lowest BCUT2D eigenvalue weighted by Gasteiger charge is -2.47. The maximum absolute atomic E-state index is 3.81. The summed E-state index contributed by atoms with van der Waals surface area (Å²) in [6.45, 7) is 19.1. The van der Waals surface area contributed by atoms with Crippen molar-refractivity contribution in [2.45, 2.75) is 78.9 Å². The van der Waals surface area contributed by atoms with Gasteiger partial charge in [0.2, 0.25) is 0 Å². The normalized spacial score (nSPS) is 34.5. The van der Waals surface area contributed by atoms with E-state index in [9.17, 15) is 0 Å². The van der Waals surface area contributed by atoms with Crippen molar-refractivity contribution in [1.82, 2.24) is 10.2 Å². The zero-order valence-corrected chi connectivity index (χ0v) is 13.4. The molecule has 1 saturated heterocycles. The van der Waals surface area contributed by atoms with Gasteiger partial charge in [-0.05, 0) is 30.6 Å². The van der Waals surface area contributed by atoms with Crippen LogP contribution in [-0.2, 0) is 0 Å². The van der Waals surface area contributed by atoms with Crippen molar-refractivity contribution >= 4 is 0 Å². The smallest absolute Gasteiger partial charge is 0.0304 e. The number of piperazine rings is 1. The van der Waals surface area contributed by atoms with E-state index >= 15 is 0 Å². The Morgan fingerprint density at radius 1 is 1.06 bits per heavy atom. The molecule has 0 radical (unpaired) electrons. The average molecular weight is 252 g/mol. The summed E-state index contributed by atoms with van der Waals surface area (Å²) in [6.07, 6.45) is 2.47. The van der Waals surface area contributed by atoms with Crippen LogP contribution in [0.3, 0.4) is 0 Å². The van der Waals surface area contributed by atoms with Crippen LogP contribution in [0.25, 0.3) is 0 Å². The van der Waals surface area contributed by atoms with Gasteiger partial charge in [0.05, 0.1) is 0 Å². The molecule has 1 unspecified atom stereocenters. The van der Waals surface area contributed by atoms with E-state index in [1.165, 1.54) is 19.4 Å². The van der Waals surface area contributed by atoms with E-state index in [2.05, 4.69) is 58.7 Å². The number of nitrogens with one attached hydrogen (secondary N) is 1. The maximum Gasteiger partial charge on any atom is 0.0304 e. The highest BCUT2D eigenvalue weighted by Gasteiger charge is 2.68. The molecular formula is C16H32N2. The molecule has 1 atom stereocenters. The Morgan fingerprint density at radius 2 is 1.56 bits per heavy atom. The lowest BCUT2D eigenvalue weighted by atomic mass is 9.88. The van der Waals surface area contributed by atoms with Crippen molar-refractivity contribution in [1.29, 1.82) is 0 Å². The van der Waals surface area contributed by atoms with Gasteiger partial charge in [-0.3, -0.25) is 4.90 Å². The second-order valence-corrected chi connectivity index (χ2v) is 7.74. The van der Waals surface area contributed by atoms with Crippen molar-refractivity contribution in [3.05, 3.63) is 0 Å². The third-order valence-electron chi connectivity index (χ3n) is 6.45. The SMILES string of the molecule is CCC1(CC)CN(C2C(C)(C)C2(C)C)C(C)CN1. The summed E-state index contributed by atoms with van der Waals surface area (Å²) in [7, 11) is 0. The van der Waals surface area contributed by atoms with Crippen LogP contribution >= 0.6 is 0 Å². The van der Waals surface area contributed by atoms with Gasteiger partial charge < -0.3 is 5.32 Å². The fourth-order valence-electron chi connectivity index (χ4n) is 4.10. The van der Waals surface area contributed by atoms with Crippen molar-refractivity contribution < 1.29 is 0 Å². The van der Waals surface area contributed by atoms with Gasteiger partial charge in [-0.1, -0.05) is 41.5 Å².